The Hall–Kier alpha value is -2.34. The summed E-state index contributed by atoms with van der Waals surface area (Å²) >= 11 is 1.60. The van der Waals surface area contributed by atoms with Gasteiger partial charge in [-0.1, -0.05) is 38.1 Å². The predicted octanol–water partition coefficient (Wildman–Crippen LogP) is 4.84. The van der Waals surface area contributed by atoms with E-state index in [1.54, 1.807) is 23.9 Å². The lowest BCUT2D eigenvalue weighted by Gasteiger charge is -2.07. The van der Waals surface area contributed by atoms with Crippen LogP contribution < -0.4 is 5.32 Å². The third kappa shape index (κ3) is 5.09. The van der Waals surface area contributed by atoms with Gasteiger partial charge in [0.25, 0.3) is 5.69 Å². The van der Waals surface area contributed by atoms with Crippen molar-refractivity contribution in [2.24, 2.45) is 0 Å². The molecular weight excluding hydrogens is 324 g/mol. The van der Waals surface area contributed by atoms with Gasteiger partial charge in [0.15, 0.2) is 0 Å². The smallest absolute Gasteiger partial charge is 0.292 e. The topological polar surface area (TPSA) is 72.2 Å². The summed E-state index contributed by atoms with van der Waals surface area (Å²) in [6, 6.07) is 14.5. The van der Waals surface area contributed by atoms with Crippen molar-refractivity contribution < 1.29 is 9.72 Å². The molecule has 0 aliphatic carbocycles. The second kappa shape index (κ2) is 8.49. The number of amides is 1. The number of benzene rings is 2. The van der Waals surface area contributed by atoms with Crippen molar-refractivity contribution in [2.75, 3.05) is 11.1 Å². The van der Waals surface area contributed by atoms with E-state index in [4.69, 9.17) is 0 Å². The van der Waals surface area contributed by atoms with E-state index < -0.39 is 4.92 Å². The van der Waals surface area contributed by atoms with E-state index in [9.17, 15) is 14.9 Å². The lowest BCUT2D eigenvalue weighted by molar-refractivity contribution is -0.383. The zero-order valence-electron chi connectivity index (χ0n) is 13.7. The Kier molecular flexibility index (Phi) is 6.37. The van der Waals surface area contributed by atoms with Gasteiger partial charge in [-0.15, -0.1) is 11.8 Å². The average molecular weight is 344 g/mol. The molecule has 0 saturated heterocycles. The van der Waals surface area contributed by atoms with Gasteiger partial charge in [0, 0.05) is 23.1 Å². The van der Waals surface area contributed by atoms with Crippen LogP contribution in [0.25, 0.3) is 0 Å². The summed E-state index contributed by atoms with van der Waals surface area (Å²) in [6.45, 7) is 4.30. The fraction of sp³-hybridized carbons (Fsp3) is 0.278. The van der Waals surface area contributed by atoms with Crippen molar-refractivity contribution in [2.45, 2.75) is 31.1 Å². The maximum Gasteiger partial charge on any atom is 0.292 e. The molecule has 2 aromatic carbocycles. The number of thioether (sulfide) groups is 1. The van der Waals surface area contributed by atoms with Crippen LogP contribution in [0.5, 0.6) is 0 Å². The summed E-state index contributed by atoms with van der Waals surface area (Å²) < 4.78 is 0. The maximum atomic E-state index is 12.0. The number of para-hydroxylation sites is 2. The number of nitrogens with zero attached hydrogens (tertiary/aromatic N) is 1. The number of nitro benzene ring substituents is 1. The van der Waals surface area contributed by atoms with Crippen LogP contribution in [0.3, 0.4) is 0 Å². The van der Waals surface area contributed by atoms with Gasteiger partial charge in [0.1, 0.15) is 5.69 Å². The van der Waals surface area contributed by atoms with Gasteiger partial charge < -0.3 is 5.32 Å². The zero-order chi connectivity index (χ0) is 17.5. The molecule has 1 amide bonds. The Balaban J connectivity index is 1.84. The van der Waals surface area contributed by atoms with Crippen molar-refractivity contribution >= 4 is 29.0 Å². The molecule has 126 valence electrons. The molecule has 0 radical (unpaired) electrons. The first-order valence-electron chi connectivity index (χ1n) is 7.73. The molecule has 1 N–H and O–H groups in total. The van der Waals surface area contributed by atoms with Crippen molar-refractivity contribution in [3.63, 3.8) is 0 Å². The van der Waals surface area contributed by atoms with Gasteiger partial charge in [-0.2, -0.15) is 0 Å². The van der Waals surface area contributed by atoms with Gasteiger partial charge in [-0.05, 0) is 29.7 Å². The lowest BCUT2D eigenvalue weighted by Crippen LogP contribution is -2.13. The SMILES string of the molecule is CC(C)c1ccc(SCCC(=O)Nc2ccccc2[N+](=O)[O-])cc1. The van der Waals surface area contributed by atoms with Crippen LogP contribution in [0.2, 0.25) is 0 Å². The molecule has 6 heteroatoms. The molecule has 0 aliphatic heterocycles. The maximum absolute atomic E-state index is 12.0. The van der Waals surface area contributed by atoms with Crippen LogP contribution in [0.15, 0.2) is 53.4 Å². The Morgan fingerprint density at radius 3 is 2.46 bits per heavy atom. The standard InChI is InChI=1S/C18H20N2O3S/c1-13(2)14-7-9-15(10-8-14)24-12-11-18(21)19-16-5-3-4-6-17(16)20(22)23/h3-10,13H,11-12H2,1-2H3,(H,19,21). The molecule has 0 aliphatic rings. The Bertz CT molecular complexity index is 714. The molecule has 2 rings (SSSR count). The minimum absolute atomic E-state index is 0.0947. The average Bonchev–Trinajstić information content (AvgIpc) is 2.55. The summed E-state index contributed by atoms with van der Waals surface area (Å²) in [6.07, 6.45) is 0.294. The van der Waals surface area contributed by atoms with Gasteiger partial charge in [-0.3, -0.25) is 14.9 Å². The number of nitrogens with one attached hydrogen (secondary N) is 1. The third-order valence-electron chi connectivity index (χ3n) is 3.52. The minimum Gasteiger partial charge on any atom is -0.320 e. The molecular formula is C18H20N2O3S. The molecule has 0 bridgehead atoms. The quantitative estimate of drug-likeness (QED) is 0.443. The second-order valence-corrected chi connectivity index (χ2v) is 6.81. The van der Waals surface area contributed by atoms with Crippen LogP contribution in [0.4, 0.5) is 11.4 Å². The molecule has 5 nitrogen and oxygen atoms in total. The first-order valence-corrected chi connectivity index (χ1v) is 8.72. The molecule has 0 saturated carbocycles. The largest absolute Gasteiger partial charge is 0.320 e. The second-order valence-electron chi connectivity index (χ2n) is 5.64. The van der Waals surface area contributed by atoms with Crippen LogP contribution in [-0.2, 0) is 4.79 Å². The summed E-state index contributed by atoms with van der Waals surface area (Å²) in [5, 5.41) is 13.5. The van der Waals surface area contributed by atoms with Crippen LogP contribution in [0, 0.1) is 10.1 Å². The molecule has 2 aromatic rings. The molecule has 0 spiro atoms. The molecule has 0 aromatic heterocycles. The highest BCUT2D eigenvalue weighted by molar-refractivity contribution is 7.99. The lowest BCUT2D eigenvalue weighted by atomic mass is 10.0. The van der Waals surface area contributed by atoms with Crippen molar-refractivity contribution in [3.05, 3.63) is 64.2 Å². The highest BCUT2D eigenvalue weighted by atomic mass is 32.2. The fourth-order valence-corrected chi connectivity index (χ4v) is 3.01. The highest BCUT2D eigenvalue weighted by Gasteiger charge is 2.14. The van der Waals surface area contributed by atoms with E-state index in [2.05, 4.69) is 43.4 Å². The number of nitro groups is 1. The molecule has 24 heavy (non-hydrogen) atoms. The minimum atomic E-state index is -0.499. The third-order valence-corrected chi connectivity index (χ3v) is 4.53. The van der Waals surface area contributed by atoms with E-state index >= 15 is 0 Å². The van der Waals surface area contributed by atoms with Crippen LogP contribution >= 0.6 is 11.8 Å². The first-order chi connectivity index (χ1) is 11.5. The van der Waals surface area contributed by atoms with Gasteiger partial charge >= 0.3 is 0 Å². The van der Waals surface area contributed by atoms with Crippen molar-refractivity contribution in [1.29, 1.82) is 0 Å². The molecule has 0 unspecified atom stereocenters. The Labute approximate surface area is 145 Å². The van der Waals surface area contributed by atoms with Crippen molar-refractivity contribution in [3.8, 4) is 0 Å². The summed E-state index contributed by atoms with van der Waals surface area (Å²) in [4.78, 5) is 23.5. The van der Waals surface area contributed by atoms with E-state index in [1.165, 1.54) is 17.7 Å². The first kappa shape index (κ1) is 18.0. The summed E-state index contributed by atoms with van der Waals surface area (Å²) in [7, 11) is 0. The fourth-order valence-electron chi connectivity index (χ4n) is 2.16. The van der Waals surface area contributed by atoms with Crippen molar-refractivity contribution in [1.82, 2.24) is 0 Å². The van der Waals surface area contributed by atoms with E-state index in [1.807, 2.05) is 0 Å². The number of hydrogen-bond donors (Lipinski definition) is 1. The van der Waals surface area contributed by atoms with Gasteiger partial charge in [-0.25, -0.2) is 0 Å². The zero-order valence-corrected chi connectivity index (χ0v) is 14.5. The number of carbonyl (C=O) groups excluding carboxylic acids is 1. The highest BCUT2D eigenvalue weighted by Crippen LogP contribution is 2.25. The van der Waals surface area contributed by atoms with Crippen LogP contribution in [-0.4, -0.2) is 16.6 Å². The Morgan fingerprint density at radius 2 is 1.83 bits per heavy atom. The summed E-state index contributed by atoms with van der Waals surface area (Å²) in [5.41, 5.74) is 1.43. The number of carbonyl (C=O) groups is 1. The Morgan fingerprint density at radius 1 is 1.17 bits per heavy atom. The predicted molar refractivity (Wildman–Crippen MR) is 97.6 cm³/mol. The number of anilines is 1. The van der Waals surface area contributed by atoms with E-state index in [0.717, 1.165) is 4.90 Å². The molecule has 0 atom stereocenters. The normalized spacial score (nSPS) is 10.6. The van der Waals surface area contributed by atoms with Crippen LogP contribution in [0.1, 0.15) is 31.7 Å². The number of rotatable bonds is 7. The van der Waals surface area contributed by atoms with Gasteiger partial charge in [0.2, 0.25) is 5.91 Å². The van der Waals surface area contributed by atoms with Gasteiger partial charge in [0.05, 0.1) is 4.92 Å². The summed E-state index contributed by atoms with van der Waals surface area (Å²) in [5.74, 6) is 0.889. The number of hydrogen-bond acceptors (Lipinski definition) is 4. The van der Waals surface area contributed by atoms with E-state index in [0.29, 0.717) is 18.1 Å². The monoisotopic (exact) mass is 344 g/mol. The van der Waals surface area contributed by atoms with E-state index in [-0.39, 0.29) is 17.3 Å². The molecule has 0 fully saturated rings. The molecule has 0 heterocycles.